The van der Waals surface area contributed by atoms with Gasteiger partial charge in [0.1, 0.15) is 0 Å². The molecule has 4 heteroatoms. The van der Waals surface area contributed by atoms with Gasteiger partial charge in [-0.1, -0.05) is 33.1 Å². The SMILES string of the molecule is CC1CCC(NC(=NC2CCCCC2)NN)CC1C. The van der Waals surface area contributed by atoms with Crippen LogP contribution < -0.4 is 16.6 Å². The Morgan fingerprint density at radius 1 is 1.00 bits per heavy atom. The van der Waals surface area contributed by atoms with Gasteiger partial charge in [-0.05, 0) is 43.9 Å². The topological polar surface area (TPSA) is 62.4 Å². The summed E-state index contributed by atoms with van der Waals surface area (Å²) in [6.45, 7) is 4.71. The minimum atomic E-state index is 0.465. The number of rotatable bonds is 2. The molecule has 4 N–H and O–H groups in total. The molecule has 4 nitrogen and oxygen atoms in total. The summed E-state index contributed by atoms with van der Waals surface area (Å²) < 4.78 is 0. The van der Waals surface area contributed by atoms with Crippen LogP contribution in [0.4, 0.5) is 0 Å². The molecule has 2 saturated carbocycles. The maximum atomic E-state index is 5.63. The van der Waals surface area contributed by atoms with Crippen LogP contribution in [0.5, 0.6) is 0 Å². The van der Waals surface area contributed by atoms with Crippen LogP contribution in [0.1, 0.15) is 65.2 Å². The first kappa shape index (κ1) is 14.6. The molecule has 0 saturated heterocycles. The Hall–Kier alpha value is -0.770. The molecule has 2 rings (SSSR count). The second-order valence-corrected chi connectivity index (χ2v) is 6.52. The number of guanidine groups is 1. The second kappa shape index (κ2) is 7.13. The molecule has 0 aromatic carbocycles. The quantitative estimate of drug-likeness (QED) is 0.311. The highest BCUT2D eigenvalue weighted by Crippen LogP contribution is 2.29. The third-order valence-electron chi connectivity index (χ3n) is 4.96. The predicted octanol–water partition coefficient (Wildman–Crippen LogP) is 2.55. The first-order valence-corrected chi connectivity index (χ1v) is 8.00. The van der Waals surface area contributed by atoms with Crippen molar-refractivity contribution < 1.29 is 0 Å². The van der Waals surface area contributed by atoms with E-state index in [4.69, 9.17) is 10.8 Å². The average Bonchev–Trinajstić information content (AvgIpc) is 2.43. The smallest absolute Gasteiger partial charge is 0.206 e. The molecule has 3 unspecified atom stereocenters. The molecule has 0 bridgehead atoms. The number of nitrogens with zero attached hydrogens (tertiary/aromatic N) is 1. The van der Waals surface area contributed by atoms with E-state index in [0.29, 0.717) is 12.1 Å². The lowest BCUT2D eigenvalue weighted by molar-refractivity contribution is 0.239. The van der Waals surface area contributed by atoms with Gasteiger partial charge in [-0.25, -0.2) is 10.8 Å². The summed E-state index contributed by atoms with van der Waals surface area (Å²) in [6.07, 6.45) is 10.2. The maximum Gasteiger partial charge on any atom is 0.206 e. The highest BCUT2D eigenvalue weighted by molar-refractivity contribution is 5.79. The molecule has 19 heavy (non-hydrogen) atoms. The fraction of sp³-hybridized carbons (Fsp3) is 0.933. The molecule has 0 aliphatic heterocycles. The molecule has 2 aliphatic carbocycles. The molecule has 110 valence electrons. The van der Waals surface area contributed by atoms with E-state index >= 15 is 0 Å². The van der Waals surface area contributed by atoms with E-state index in [1.807, 2.05) is 0 Å². The Bertz CT molecular complexity index is 297. The van der Waals surface area contributed by atoms with Crippen molar-refractivity contribution in [3.05, 3.63) is 0 Å². The van der Waals surface area contributed by atoms with Gasteiger partial charge in [-0.3, -0.25) is 5.43 Å². The first-order chi connectivity index (χ1) is 9.19. The number of hydrogen-bond acceptors (Lipinski definition) is 2. The van der Waals surface area contributed by atoms with Crippen molar-refractivity contribution in [1.29, 1.82) is 0 Å². The lowest BCUT2D eigenvalue weighted by Gasteiger charge is -2.33. The number of hydrazine groups is 1. The van der Waals surface area contributed by atoms with Gasteiger partial charge in [0.15, 0.2) is 0 Å². The summed E-state index contributed by atoms with van der Waals surface area (Å²) in [5.41, 5.74) is 2.76. The van der Waals surface area contributed by atoms with Crippen LogP contribution >= 0.6 is 0 Å². The lowest BCUT2D eigenvalue weighted by atomic mass is 9.79. The highest BCUT2D eigenvalue weighted by atomic mass is 15.3. The van der Waals surface area contributed by atoms with Crippen molar-refractivity contribution in [3.63, 3.8) is 0 Å². The molecule has 0 radical (unpaired) electrons. The van der Waals surface area contributed by atoms with Crippen LogP contribution in [0.2, 0.25) is 0 Å². The zero-order valence-electron chi connectivity index (χ0n) is 12.5. The third-order valence-corrected chi connectivity index (χ3v) is 4.96. The fourth-order valence-electron chi connectivity index (χ4n) is 3.38. The van der Waals surface area contributed by atoms with Crippen molar-refractivity contribution in [3.8, 4) is 0 Å². The van der Waals surface area contributed by atoms with E-state index in [1.165, 1.54) is 51.4 Å². The van der Waals surface area contributed by atoms with E-state index < -0.39 is 0 Å². The summed E-state index contributed by atoms with van der Waals surface area (Å²) in [4.78, 5) is 4.76. The van der Waals surface area contributed by atoms with Crippen molar-refractivity contribution in [2.24, 2.45) is 22.7 Å². The van der Waals surface area contributed by atoms with Gasteiger partial charge >= 0.3 is 0 Å². The van der Waals surface area contributed by atoms with Crippen LogP contribution in [0.15, 0.2) is 4.99 Å². The van der Waals surface area contributed by atoms with Gasteiger partial charge in [-0.2, -0.15) is 0 Å². The molecule has 0 spiro atoms. The van der Waals surface area contributed by atoms with Crippen LogP contribution in [-0.2, 0) is 0 Å². The second-order valence-electron chi connectivity index (χ2n) is 6.52. The zero-order valence-corrected chi connectivity index (χ0v) is 12.5. The molecular weight excluding hydrogens is 236 g/mol. The Kier molecular flexibility index (Phi) is 5.49. The Balaban J connectivity index is 1.86. The van der Waals surface area contributed by atoms with Crippen molar-refractivity contribution in [2.75, 3.05) is 0 Å². The van der Waals surface area contributed by atoms with Crippen molar-refractivity contribution in [1.82, 2.24) is 10.7 Å². The van der Waals surface area contributed by atoms with Crippen LogP contribution in [0, 0.1) is 11.8 Å². The van der Waals surface area contributed by atoms with Crippen molar-refractivity contribution >= 4 is 5.96 Å². The third kappa shape index (κ3) is 4.37. The molecule has 2 aliphatic rings. The van der Waals surface area contributed by atoms with E-state index in [2.05, 4.69) is 24.6 Å². The van der Waals surface area contributed by atoms with Gasteiger partial charge in [-0.15, -0.1) is 0 Å². The van der Waals surface area contributed by atoms with E-state index in [0.717, 1.165) is 17.8 Å². The summed E-state index contributed by atoms with van der Waals surface area (Å²) >= 11 is 0. The predicted molar refractivity (Wildman–Crippen MR) is 80.7 cm³/mol. The van der Waals surface area contributed by atoms with Gasteiger partial charge < -0.3 is 5.32 Å². The van der Waals surface area contributed by atoms with Gasteiger partial charge in [0.05, 0.1) is 6.04 Å². The first-order valence-electron chi connectivity index (χ1n) is 8.00. The molecular formula is C15H30N4. The number of nitrogens with two attached hydrogens (primary N) is 1. The van der Waals surface area contributed by atoms with Crippen LogP contribution in [0.3, 0.4) is 0 Å². The number of aliphatic imine (C=N–C) groups is 1. The fourth-order valence-corrected chi connectivity index (χ4v) is 3.38. The van der Waals surface area contributed by atoms with E-state index in [9.17, 15) is 0 Å². The molecule has 0 amide bonds. The molecule has 3 atom stereocenters. The summed E-state index contributed by atoms with van der Waals surface area (Å²) in [7, 11) is 0. The monoisotopic (exact) mass is 266 g/mol. The normalized spacial score (nSPS) is 34.1. The standard InChI is InChI=1S/C15H30N4/c1-11-8-9-14(10-12(11)2)18-15(19-16)17-13-6-4-3-5-7-13/h11-14H,3-10,16H2,1-2H3,(H2,17,18,19). The summed E-state index contributed by atoms with van der Waals surface area (Å²) in [5.74, 6) is 8.07. The van der Waals surface area contributed by atoms with Gasteiger partial charge in [0.2, 0.25) is 5.96 Å². The number of hydrogen-bond donors (Lipinski definition) is 3. The summed E-state index contributed by atoms with van der Waals surface area (Å²) in [6, 6.07) is 0.997. The minimum Gasteiger partial charge on any atom is -0.353 e. The molecule has 0 aromatic heterocycles. The Morgan fingerprint density at radius 3 is 2.37 bits per heavy atom. The van der Waals surface area contributed by atoms with Gasteiger partial charge in [0.25, 0.3) is 0 Å². The molecule has 0 aromatic rings. The molecule has 2 fully saturated rings. The van der Waals surface area contributed by atoms with E-state index in [-0.39, 0.29) is 0 Å². The van der Waals surface area contributed by atoms with Crippen molar-refractivity contribution in [2.45, 2.75) is 77.3 Å². The average molecular weight is 266 g/mol. The summed E-state index contributed by atoms with van der Waals surface area (Å²) in [5, 5.41) is 3.52. The molecule has 0 heterocycles. The Labute approximate surface area is 117 Å². The largest absolute Gasteiger partial charge is 0.353 e. The number of nitrogens with one attached hydrogen (secondary N) is 2. The van der Waals surface area contributed by atoms with Crippen LogP contribution in [-0.4, -0.2) is 18.0 Å². The van der Waals surface area contributed by atoms with Gasteiger partial charge in [0, 0.05) is 6.04 Å². The highest BCUT2D eigenvalue weighted by Gasteiger charge is 2.25. The maximum absolute atomic E-state index is 5.63. The lowest BCUT2D eigenvalue weighted by Crippen LogP contribution is -2.49. The Morgan fingerprint density at radius 2 is 1.74 bits per heavy atom. The van der Waals surface area contributed by atoms with E-state index in [1.54, 1.807) is 0 Å². The minimum absolute atomic E-state index is 0.465. The van der Waals surface area contributed by atoms with Crippen LogP contribution in [0.25, 0.3) is 0 Å². The zero-order chi connectivity index (χ0) is 13.7.